The molecule has 104 valence electrons. The summed E-state index contributed by atoms with van der Waals surface area (Å²) >= 11 is 6.06. The third-order valence-corrected chi connectivity index (χ3v) is 3.09. The van der Waals surface area contributed by atoms with Crippen molar-refractivity contribution in [2.45, 2.75) is 6.04 Å². The Bertz CT molecular complexity index is 602. The number of ether oxygens (including phenoxy) is 1. The van der Waals surface area contributed by atoms with Gasteiger partial charge >= 0.3 is 0 Å². The summed E-state index contributed by atoms with van der Waals surface area (Å²) in [5.74, 6) is -0.0494. The monoisotopic (exact) mass is 291 g/mol. The second-order valence-electron chi connectivity index (χ2n) is 4.09. The molecule has 1 heterocycles. The number of amides is 1. The Morgan fingerprint density at radius 2 is 2.10 bits per heavy atom. The average molecular weight is 292 g/mol. The fourth-order valence-electron chi connectivity index (χ4n) is 1.74. The highest BCUT2D eigenvalue weighted by molar-refractivity contribution is 6.33. The van der Waals surface area contributed by atoms with E-state index < -0.39 is 11.9 Å². The topological polar surface area (TPSA) is 77.2 Å². The Balaban J connectivity index is 2.27. The van der Waals surface area contributed by atoms with Crippen LogP contribution in [0.15, 0.2) is 42.6 Å². The number of benzene rings is 1. The van der Waals surface area contributed by atoms with Crippen molar-refractivity contribution in [3.05, 3.63) is 53.2 Å². The maximum absolute atomic E-state index is 11.6. The summed E-state index contributed by atoms with van der Waals surface area (Å²) in [4.78, 5) is 15.7. The predicted octanol–water partition coefficient (Wildman–Crippen LogP) is 2.38. The summed E-state index contributed by atoms with van der Waals surface area (Å²) in [6, 6.07) is 9.81. The number of rotatable bonds is 5. The summed E-state index contributed by atoms with van der Waals surface area (Å²) in [6.45, 7) is 0. The highest BCUT2D eigenvalue weighted by Gasteiger charge is 2.19. The number of halogens is 1. The summed E-state index contributed by atoms with van der Waals surface area (Å²) in [5.41, 5.74) is 6.70. The van der Waals surface area contributed by atoms with Crippen molar-refractivity contribution in [2.75, 3.05) is 12.4 Å². The van der Waals surface area contributed by atoms with Gasteiger partial charge in [-0.25, -0.2) is 4.98 Å². The number of carbonyl (C=O) groups excluding carboxylic acids is 1. The molecule has 5 nitrogen and oxygen atoms in total. The van der Waals surface area contributed by atoms with Crippen LogP contribution < -0.4 is 15.8 Å². The van der Waals surface area contributed by atoms with Gasteiger partial charge in [-0.1, -0.05) is 23.7 Å². The Morgan fingerprint density at radius 3 is 2.65 bits per heavy atom. The molecule has 20 heavy (non-hydrogen) atoms. The van der Waals surface area contributed by atoms with Gasteiger partial charge in [0.25, 0.3) is 0 Å². The number of para-hydroxylation sites is 1. The van der Waals surface area contributed by atoms with Gasteiger partial charge in [-0.2, -0.15) is 0 Å². The van der Waals surface area contributed by atoms with Crippen LogP contribution >= 0.6 is 11.6 Å². The van der Waals surface area contributed by atoms with E-state index in [0.717, 1.165) is 0 Å². The first-order valence-corrected chi connectivity index (χ1v) is 6.30. The lowest BCUT2D eigenvalue weighted by atomic mass is 10.1. The molecule has 1 atom stereocenters. The molecule has 0 aliphatic rings. The molecule has 2 aromatic rings. The van der Waals surface area contributed by atoms with Crippen molar-refractivity contribution >= 4 is 23.2 Å². The van der Waals surface area contributed by atoms with E-state index in [4.69, 9.17) is 22.1 Å². The number of anilines is 1. The number of nitrogens with zero attached hydrogens (tertiary/aromatic N) is 1. The third-order valence-electron chi connectivity index (χ3n) is 2.76. The lowest BCUT2D eigenvalue weighted by Crippen LogP contribution is -2.27. The molecule has 0 radical (unpaired) electrons. The normalized spacial score (nSPS) is 11.7. The summed E-state index contributed by atoms with van der Waals surface area (Å²) in [7, 11) is 1.52. The van der Waals surface area contributed by atoms with Crippen LogP contribution in [0.4, 0.5) is 5.69 Å². The highest BCUT2D eigenvalue weighted by atomic mass is 35.5. The molecule has 1 aromatic carbocycles. The van der Waals surface area contributed by atoms with E-state index in [-0.39, 0.29) is 0 Å². The molecule has 0 spiro atoms. The largest absolute Gasteiger partial charge is 0.481 e. The van der Waals surface area contributed by atoms with Crippen molar-refractivity contribution in [3.63, 3.8) is 0 Å². The number of nitrogens with one attached hydrogen (secondary N) is 1. The second kappa shape index (κ2) is 6.25. The summed E-state index contributed by atoms with van der Waals surface area (Å²) in [6.07, 6.45) is 1.54. The van der Waals surface area contributed by atoms with E-state index in [2.05, 4.69) is 10.3 Å². The smallest absolute Gasteiger partial charge is 0.244 e. The van der Waals surface area contributed by atoms with Gasteiger partial charge in [-0.05, 0) is 18.2 Å². The molecule has 2 rings (SSSR count). The zero-order valence-electron chi connectivity index (χ0n) is 10.8. The quantitative estimate of drug-likeness (QED) is 0.886. The third kappa shape index (κ3) is 3.19. The molecule has 0 aliphatic heterocycles. The Hall–Kier alpha value is -2.27. The summed E-state index contributed by atoms with van der Waals surface area (Å²) in [5, 5.41) is 3.53. The van der Waals surface area contributed by atoms with Gasteiger partial charge in [0.2, 0.25) is 11.8 Å². The summed E-state index contributed by atoms with van der Waals surface area (Å²) < 4.78 is 4.98. The molecule has 0 aliphatic carbocycles. The number of nitrogens with two attached hydrogens (primary N) is 1. The van der Waals surface area contributed by atoms with Crippen molar-refractivity contribution in [1.29, 1.82) is 0 Å². The Kier molecular flexibility index (Phi) is 4.42. The van der Waals surface area contributed by atoms with E-state index in [9.17, 15) is 4.79 Å². The van der Waals surface area contributed by atoms with Gasteiger partial charge in [-0.15, -0.1) is 0 Å². The SMILES string of the molecule is COc1ccc(C(Nc2ccccc2Cl)C(N)=O)cn1. The average Bonchev–Trinajstić information content (AvgIpc) is 2.46. The van der Waals surface area contributed by atoms with Crippen LogP contribution in [0.3, 0.4) is 0 Å². The van der Waals surface area contributed by atoms with Gasteiger partial charge in [0.15, 0.2) is 0 Å². The number of hydrogen-bond donors (Lipinski definition) is 2. The minimum atomic E-state index is -0.715. The van der Waals surface area contributed by atoms with Gasteiger partial charge in [0.05, 0.1) is 17.8 Å². The predicted molar refractivity (Wildman–Crippen MR) is 77.8 cm³/mol. The van der Waals surface area contributed by atoms with Gasteiger partial charge in [0, 0.05) is 17.8 Å². The number of aromatic nitrogens is 1. The second-order valence-corrected chi connectivity index (χ2v) is 4.50. The van der Waals surface area contributed by atoms with Crippen LogP contribution in [0.1, 0.15) is 11.6 Å². The van der Waals surface area contributed by atoms with Gasteiger partial charge in [-0.3, -0.25) is 4.79 Å². The minimum Gasteiger partial charge on any atom is -0.481 e. The maximum Gasteiger partial charge on any atom is 0.244 e. The van der Waals surface area contributed by atoms with Gasteiger partial charge in [0.1, 0.15) is 6.04 Å². The van der Waals surface area contributed by atoms with Crippen molar-refractivity contribution in [2.24, 2.45) is 5.73 Å². The number of primary amides is 1. The van der Waals surface area contributed by atoms with E-state index >= 15 is 0 Å². The lowest BCUT2D eigenvalue weighted by molar-refractivity contribution is -0.118. The van der Waals surface area contributed by atoms with Crippen LogP contribution in [0.2, 0.25) is 5.02 Å². The molecular weight excluding hydrogens is 278 g/mol. The first kappa shape index (κ1) is 14.1. The lowest BCUT2D eigenvalue weighted by Gasteiger charge is -2.17. The number of methoxy groups -OCH3 is 1. The molecule has 3 N–H and O–H groups in total. The zero-order valence-corrected chi connectivity index (χ0v) is 11.6. The Morgan fingerprint density at radius 1 is 1.35 bits per heavy atom. The van der Waals surface area contributed by atoms with E-state index in [1.54, 1.807) is 24.3 Å². The molecule has 0 saturated carbocycles. The molecule has 0 bridgehead atoms. The molecule has 0 fully saturated rings. The molecule has 1 aromatic heterocycles. The Labute approximate surface area is 121 Å². The van der Waals surface area contributed by atoms with Crippen molar-refractivity contribution in [1.82, 2.24) is 4.98 Å². The highest BCUT2D eigenvalue weighted by Crippen LogP contribution is 2.26. The van der Waals surface area contributed by atoms with Crippen molar-refractivity contribution < 1.29 is 9.53 Å². The van der Waals surface area contributed by atoms with Crippen LogP contribution in [-0.4, -0.2) is 18.0 Å². The standard InChI is InChI=1S/C14H14ClN3O2/c1-20-12-7-6-9(8-17-12)13(14(16)19)18-11-5-3-2-4-10(11)15/h2-8,13,18H,1H3,(H2,16,19). The number of carbonyl (C=O) groups is 1. The first-order chi connectivity index (χ1) is 9.61. The molecular formula is C14H14ClN3O2. The molecule has 1 unspecified atom stereocenters. The molecule has 6 heteroatoms. The van der Waals surface area contributed by atoms with Crippen molar-refractivity contribution in [3.8, 4) is 5.88 Å². The van der Waals surface area contributed by atoms with E-state index in [0.29, 0.717) is 22.2 Å². The fraction of sp³-hybridized carbons (Fsp3) is 0.143. The van der Waals surface area contributed by atoms with Gasteiger partial charge < -0.3 is 15.8 Å². The van der Waals surface area contributed by atoms with Crippen LogP contribution in [0, 0.1) is 0 Å². The van der Waals surface area contributed by atoms with Crippen LogP contribution in [0.25, 0.3) is 0 Å². The molecule has 0 saturated heterocycles. The van der Waals surface area contributed by atoms with E-state index in [1.165, 1.54) is 13.3 Å². The van der Waals surface area contributed by atoms with Crippen LogP contribution in [0.5, 0.6) is 5.88 Å². The molecule has 1 amide bonds. The number of hydrogen-bond acceptors (Lipinski definition) is 4. The first-order valence-electron chi connectivity index (χ1n) is 5.92. The maximum atomic E-state index is 11.6. The minimum absolute atomic E-state index is 0.467. The van der Waals surface area contributed by atoms with E-state index in [1.807, 2.05) is 12.1 Å². The number of pyridine rings is 1. The fourth-order valence-corrected chi connectivity index (χ4v) is 1.93. The van der Waals surface area contributed by atoms with Crippen LogP contribution in [-0.2, 0) is 4.79 Å². The zero-order chi connectivity index (χ0) is 14.5.